The Morgan fingerprint density at radius 1 is 1.00 bits per heavy atom. The van der Waals surface area contributed by atoms with Crippen LogP contribution in [0.25, 0.3) is 0 Å². The van der Waals surface area contributed by atoms with E-state index in [-0.39, 0.29) is 0 Å². The van der Waals surface area contributed by atoms with Gasteiger partial charge in [0, 0.05) is 13.0 Å². The number of hydrogen-bond donors (Lipinski definition) is 1. The second-order valence-corrected chi connectivity index (χ2v) is 5.35. The monoisotopic (exact) mass is 269 g/mol. The van der Waals surface area contributed by atoms with Gasteiger partial charge in [0.15, 0.2) is 4.77 Å². The highest BCUT2D eigenvalue weighted by Gasteiger charge is 2.04. The quantitative estimate of drug-likeness (QED) is 0.496. The number of nitrogens with one attached hydrogen (secondary N) is 1. The lowest BCUT2D eigenvalue weighted by Gasteiger charge is -2.05. The van der Waals surface area contributed by atoms with E-state index in [2.05, 4.69) is 28.6 Å². The fourth-order valence-electron chi connectivity index (χ4n) is 2.24. The lowest BCUT2D eigenvalue weighted by Crippen LogP contribution is -2.03. The van der Waals surface area contributed by atoms with Gasteiger partial charge in [0.2, 0.25) is 0 Å². The van der Waals surface area contributed by atoms with Crippen LogP contribution in [-0.4, -0.2) is 14.8 Å². The summed E-state index contributed by atoms with van der Waals surface area (Å²) in [7, 11) is 0. The van der Waals surface area contributed by atoms with Gasteiger partial charge in [0.05, 0.1) is 0 Å². The number of H-pyrrole nitrogens is 1. The summed E-state index contributed by atoms with van der Waals surface area (Å²) in [6.07, 6.45) is 11.6. The highest BCUT2D eigenvalue weighted by molar-refractivity contribution is 7.71. The molecule has 0 saturated heterocycles. The molecule has 0 spiro atoms. The van der Waals surface area contributed by atoms with Crippen LogP contribution < -0.4 is 0 Å². The van der Waals surface area contributed by atoms with Crippen LogP contribution in [0.2, 0.25) is 0 Å². The number of rotatable bonds is 10. The molecule has 0 radical (unpaired) electrons. The zero-order valence-corrected chi connectivity index (χ0v) is 12.7. The first-order valence-corrected chi connectivity index (χ1v) is 7.84. The van der Waals surface area contributed by atoms with Crippen LogP contribution >= 0.6 is 12.2 Å². The molecule has 0 aliphatic heterocycles. The molecule has 1 heterocycles. The number of aromatic nitrogens is 3. The number of aromatic amines is 1. The van der Waals surface area contributed by atoms with E-state index < -0.39 is 0 Å². The highest BCUT2D eigenvalue weighted by Crippen LogP contribution is 2.10. The Balaban J connectivity index is 2.21. The Bertz CT molecular complexity index is 367. The third-order valence-electron chi connectivity index (χ3n) is 3.29. The Labute approximate surface area is 116 Å². The van der Waals surface area contributed by atoms with Crippen LogP contribution in [0.3, 0.4) is 0 Å². The van der Waals surface area contributed by atoms with Gasteiger partial charge in [-0.2, -0.15) is 5.10 Å². The summed E-state index contributed by atoms with van der Waals surface area (Å²) in [5.41, 5.74) is 0. The summed E-state index contributed by atoms with van der Waals surface area (Å²) in [6.45, 7) is 5.42. The molecule has 0 amide bonds. The molecule has 3 nitrogen and oxygen atoms in total. The van der Waals surface area contributed by atoms with E-state index in [0.29, 0.717) is 0 Å². The van der Waals surface area contributed by atoms with E-state index in [1.54, 1.807) is 0 Å². The van der Waals surface area contributed by atoms with Crippen molar-refractivity contribution in [2.45, 2.75) is 78.2 Å². The average Bonchev–Trinajstić information content (AvgIpc) is 2.71. The SMILES string of the molecule is CCCCCCCCCc1n[nH]c(=S)n1CCC. The molecule has 0 aromatic carbocycles. The van der Waals surface area contributed by atoms with E-state index >= 15 is 0 Å². The minimum Gasteiger partial charge on any atom is -0.304 e. The molecule has 0 aliphatic carbocycles. The van der Waals surface area contributed by atoms with Gasteiger partial charge >= 0.3 is 0 Å². The second-order valence-electron chi connectivity index (χ2n) is 4.97. The summed E-state index contributed by atoms with van der Waals surface area (Å²) in [6, 6.07) is 0. The third kappa shape index (κ3) is 5.34. The van der Waals surface area contributed by atoms with E-state index in [1.165, 1.54) is 44.9 Å². The molecule has 1 N–H and O–H groups in total. The molecule has 0 aliphatic rings. The maximum atomic E-state index is 5.23. The second kappa shape index (κ2) is 9.31. The van der Waals surface area contributed by atoms with Gasteiger partial charge < -0.3 is 4.57 Å². The molecular weight excluding hydrogens is 242 g/mol. The van der Waals surface area contributed by atoms with Crippen LogP contribution in [0.4, 0.5) is 0 Å². The first kappa shape index (κ1) is 15.4. The van der Waals surface area contributed by atoms with E-state index in [4.69, 9.17) is 12.2 Å². The van der Waals surface area contributed by atoms with Crippen LogP contribution in [-0.2, 0) is 13.0 Å². The summed E-state index contributed by atoms with van der Waals surface area (Å²) < 4.78 is 2.92. The summed E-state index contributed by atoms with van der Waals surface area (Å²) in [4.78, 5) is 0. The molecule has 0 unspecified atom stereocenters. The van der Waals surface area contributed by atoms with Crippen LogP contribution in [0.1, 0.15) is 71.0 Å². The van der Waals surface area contributed by atoms with Gasteiger partial charge in [0.25, 0.3) is 0 Å². The molecule has 0 saturated carbocycles. The molecule has 1 aromatic heterocycles. The standard InChI is InChI=1S/C14H27N3S/c1-3-5-6-7-8-9-10-11-13-15-16-14(18)17(13)12-4-2/h3-12H2,1-2H3,(H,16,18). The maximum absolute atomic E-state index is 5.23. The van der Waals surface area contributed by atoms with Gasteiger partial charge in [-0.3, -0.25) is 5.10 Å². The Morgan fingerprint density at radius 3 is 2.33 bits per heavy atom. The Kier molecular flexibility index (Phi) is 7.98. The lowest BCUT2D eigenvalue weighted by atomic mass is 10.1. The van der Waals surface area contributed by atoms with E-state index in [9.17, 15) is 0 Å². The first-order valence-electron chi connectivity index (χ1n) is 7.43. The van der Waals surface area contributed by atoms with Crippen molar-refractivity contribution < 1.29 is 0 Å². The zero-order valence-electron chi connectivity index (χ0n) is 11.9. The third-order valence-corrected chi connectivity index (χ3v) is 3.60. The molecule has 1 aromatic rings. The molecule has 0 atom stereocenters. The molecule has 104 valence electrons. The largest absolute Gasteiger partial charge is 0.304 e. The van der Waals surface area contributed by atoms with Gasteiger partial charge in [-0.15, -0.1) is 0 Å². The van der Waals surface area contributed by atoms with Gasteiger partial charge in [-0.25, -0.2) is 0 Å². The number of nitrogens with zero attached hydrogens (tertiary/aromatic N) is 2. The molecular formula is C14H27N3S. The fraction of sp³-hybridized carbons (Fsp3) is 0.857. The van der Waals surface area contributed by atoms with Gasteiger partial charge in [0.1, 0.15) is 5.82 Å². The lowest BCUT2D eigenvalue weighted by molar-refractivity contribution is 0.567. The number of unbranched alkanes of at least 4 members (excludes halogenated alkanes) is 6. The predicted octanol–water partition coefficient (Wildman–Crippen LogP) is 4.64. The normalized spacial score (nSPS) is 11.0. The van der Waals surface area contributed by atoms with Crippen LogP contribution in [0.5, 0.6) is 0 Å². The number of aryl methyl sites for hydroxylation is 1. The minimum absolute atomic E-state index is 0.773. The molecule has 18 heavy (non-hydrogen) atoms. The van der Waals surface area contributed by atoms with Crippen molar-refractivity contribution in [1.82, 2.24) is 14.8 Å². The van der Waals surface area contributed by atoms with Crippen molar-refractivity contribution in [3.8, 4) is 0 Å². The van der Waals surface area contributed by atoms with Gasteiger partial charge in [-0.05, 0) is 25.1 Å². The summed E-state index contributed by atoms with van der Waals surface area (Å²) in [5.74, 6) is 1.13. The summed E-state index contributed by atoms with van der Waals surface area (Å²) in [5, 5.41) is 7.23. The van der Waals surface area contributed by atoms with Crippen LogP contribution in [0, 0.1) is 4.77 Å². The van der Waals surface area contributed by atoms with Crippen molar-refractivity contribution in [1.29, 1.82) is 0 Å². The summed E-state index contributed by atoms with van der Waals surface area (Å²) >= 11 is 5.23. The molecule has 4 heteroatoms. The topological polar surface area (TPSA) is 33.6 Å². The van der Waals surface area contributed by atoms with Crippen molar-refractivity contribution in [3.63, 3.8) is 0 Å². The van der Waals surface area contributed by atoms with Crippen molar-refractivity contribution in [2.24, 2.45) is 0 Å². The molecule has 0 bridgehead atoms. The number of hydrogen-bond acceptors (Lipinski definition) is 2. The highest BCUT2D eigenvalue weighted by atomic mass is 32.1. The molecule has 0 fully saturated rings. The fourth-order valence-corrected chi connectivity index (χ4v) is 2.48. The maximum Gasteiger partial charge on any atom is 0.195 e. The Hall–Kier alpha value is -0.640. The Morgan fingerprint density at radius 2 is 1.67 bits per heavy atom. The van der Waals surface area contributed by atoms with Crippen LogP contribution in [0.15, 0.2) is 0 Å². The van der Waals surface area contributed by atoms with E-state index in [1.807, 2.05) is 0 Å². The van der Waals surface area contributed by atoms with E-state index in [0.717, 1.165) is 30.0 Å². The minimum atomic E-state index is 0.773. The average molecular weight is 269 g/mol. The smallest absolute Gasteiger partial charge is 0.195 e. The first-order chi connectivity index (χ1) is 8.79. The van der Waals surface area contributed by atoms with Crippen molar-refractivity contribution in [2.75, 3.05) is 0 Å². The van der Waals surface area contributed by atoms with Crippen molar-refractivity contribution >= 4 is 12.2 Å². The van der Waals surface area contributed by atoms with Crippen molar-refractivity contribution in [3.05, 3.63) is 10.6 Å². The predicted molar refractivity (Wildman–Crippen MR) is 79.4 cm³/mol. The zero-order chi connectivity index (χ0) is 13.2. The molecule has 1 rings (SSSR count). The van der Waals surface area contributed by atoms with Gasteiger partial charge in [-0.1, -0.05) is 52.4 Å².